The minimum Gasteiger partial charge on any atom is -0.494 e. The van der Waals surface area contributed by atoms with Crippen LogP contribution in [0.5, 0.6) is 5.75 Å². The number of hydrogen-bond acceptors (Lipinski definition) is 6. The first kappa shape index (κ1) is 29.2. The largest absolute Gasteiger partial charge is 0.494 e. The van der Waals surface area contributed by atoms with Crippen molar-refractivity contribution in [2.75, 3.05) is 20.2 Å². The number of imidazole rings is 1. The van der Waals surface area contributed by atoms with Crippen LogP contribution in [0.25, 0.3) is 33.6 Å². The molecule has 0 unspecified atom stereocenters. The van der Waals surface area contributed by atoms with Gasteiger partial charge in [-0.05, 0) is 62.9 Å². The molecule has 0 aliphatic carbocycles. The Morgan fingerprint density at radius 2 is 1.84 bits per heavy atom. The molecule has 3 N–H and O–H groups in total. The number of hydrogen-bond donors (Lipinski definition) is 2. The third-order valence-corrected chi connectivity index (χ3v) is 9.16. The monoisotopic (exact) mass is 585 g/mol. The first-order valence-corrected chi connectivity index (χ1v) is 15.7. The number of benzene rings is 1. The van der Waals surface area contributed by atoms with Gasteiger partial charge in [-0.15, -0.1) is 0 Å². The van der Waals surface area contributed by atoms with Crippen LogP contribution in [0.3, 0.4) is 0 Å². The maximum Gasteiger partial charge on any atom is 0.254 e. The number of carbonyl (C=O) groups is 2. The Hall–Kier alpha value is -3.92. The van der Waals surface area contributed by atoms with Crippen LogP contribution in [-0.4, -0.2) is 62.1 Å². The number of likely N-dealkylation sites (tertiary alicyclic amines) is 1. The number of aryl methyl sites for hydroxylation is 2. The molecule has 3 atom stereocenters. The van der Waals surface area contributed by atoms with Crippen LogP contribution in [0, 0.1) is 5.92 Å². The number of fused-ring (bicyclic) bond motifs is 2. The summed E-state index contributed by atoms with van der Waals surface area (Å²) < 4.78 is 10.1. The van der Waals surface area contributed by atoms with E-state index in [2.05, 4.69) is 22.0 Å². The second kappa shape index (κ2) is 12.0. The lowest BCUT2D eigenvalue weighted by molar-refractivity contribution is -0.125. The van der Waals surface area contributed by atoms with Crippen molar-refractivity contribution in [1.29, 1.82) is 0 Å². The van der Waals surface area contributed by atoms with Crippen LogP contribution in [0.4, 0.5) is 0 Å². The minimum absolute atomic E-state index is 0.00600. The molecule has 10 heteroatoms. The third kappa shape index (κ3) is 5.60. The summed E-state index contributed by atoms with van der Waals surface area (Å²) >= 11 is 0. The van der Waals surface area contributed by atoms with E-state index in [0.717, 1.165) is 85.3 Å². The van der Waals surface area contributed by atoms with Gasteiger partial charge in [-0.3, -0.25) is 9.59 Å². The normalized spacial score (nSPS) is 22.1. The Labute approximate surface area is 252 Å². The Balaban J connectivity index is 1.44. The molecule has 3 aromatic heterocycles. The van der Waals surface area contributed by atoms with E-state index in [1.807, 2.05) is 48.6 Å². The topological polar surface area (TPSA) is 120 Å². The molecule has 1 saturated heterocycles. The van der Waals surface area contributed by atoms with E-state index in [0.29, 0.717) is 29.9 Å². The lowest BCUT2D eigenvalue weighted by Gasteiger charge is -2.30. The van der Waals surface area contributed by atoms with Crippen LogP contribution >= 0.6 is 0 Å². The van der Waals surface area contributed by atoms with Crippen molar-refractivity contribution in [3.8, 4) is 17.3 Å². The third-order valence-electron chi connectivity index (χ3n) is 9.16. The summed E-state index contributed by atoms with van der Waals surface area (Å²) in [5.74, 6) is 1.43. The summed E-state index contributed by atoms with van der Waals surface area (Å²) in [5, 5.41) is 4.19. The predicted octanol–water partition coefficient (Wildman–Crippen LogP) is 4.94. The number of methoxy groups -OCH3 is 1. The van der Waals surface area contributed by atoms with Crippen LogP contribution in [0.2, 0.25) is 0 Å². The van der Waals surface area contributed by atoms with E-state index in [-0.39, 0.29) is 29.8 Å². The molecule has 10 nitrogen and oxygen atoms in total. The molecular weight excluding hydrogens is 542 g/mol. The number of amides is 2. The first-order chi connectivity index (χ1) is 20.7. The van der Waals surface area contributed by atoms with E-state index in [1.54, 1.807) is 7.11 Å². The quantitative estimate of drug-likeness (QED) is 0.352. The Morgan fingerprint density at radius 1 is 1.02 bits per heavy atom. The maximum absolute atomic E-state index is 13.5. The fourth-order valence-corrected chi connectivity index (χ4v) is 6.63. The van der Waals surface area contributed by atoms with Crippen LogP contribution in [-0.2, 0) is 18.4 Å². The van der Waals surface area contributed by atoms with Gasteiger partial charge in [-0.1, -0.05) is 26.2 Å². The number of ether oxygens (including phenoxy) is 1. The molecule has 1 aromatic carbocycles. The van der Waals surface area contributed by atoms with Crippen LogP contribution < -0.4 is 15.8 Å². The average Bonchev–Trinajstić information content (AvgIpc) is 3.53. The van der Waals surface area contributed by atoms with Crippen molar-refractivity contribution in [1.82, 2.24) is 29.3 Å². The van der Waals surface area contributed by atoms with E-state index in [1.165, 1.54) is 0 Å². The smallest absolute Gasteiger partial charge is 0.254 e. The summed E-state index contributed by atoms with van der Waals surface area (Å²) in [4.78, 5) is 38.3. The van der Waals surface area contributed by atoms with Gasteiger partial charge in [0.25, 0.3) is 5.91 Å². The van der Waals surface area contributed by atoms with Gasteiger partial charge < -0.3 is 29.8 Å². The number of nitrogens with zero attached hydrogens (tertiary/aromatic N) is 5. The average molecular weight is 586 g/mol. The highest BCUT2D eigenvalue weighted by Gasteiger charge is 2.26. The summed E-state index contributed by atoms with van der Waals surface area (Å²) in [7, 11) is 3.62. The molecule has 1 fully saturated rings. The van der Waals surface area contributed by atoms with Gasteiger partial charge in [0.15, 0.2) is 5.82 Å². The van der Waals surface area contributed by atoms with Gasteiger partial charge in [-0.25, -0.2) is 9.97 Å². The molecule has 4 aromatic rings. The number of nitrogens with one attached hydrogen (secondary N) is 1. The second-order valence-corrected chi connectivity index (χ2v) is 12.4. The zero-order valence-corrected chi connectivity index (χ0v) is 25.7. The SMILES string of the molecule is COc1cc(C(=O)N2CCC[C@@H](N)C2)cc2nc(-c3cc4ccc5nc4n3CCCCCC[C@H](C)C(=O)N[C@@H]5C)n(C)c12. The van der Waals surface area contributed by atoms with Crippen molar-refractivity contribution in [3.63, 3.8) is 0 Å². The molecule has 2 bridgehead atoms. The fourth-order valence-electron chi connectivity index (χ4n) is 6.63. The Morgan fingerprint density at radius 3 is 2.63 bits per heavy atom. The van der Waals surface area contributed by atoms with E-state index < -0.39 is 0 Å². The summed E-state index contributed by atoms with van der Waals surface area (Å²) in [5.41, 5.74) is 11.0. The Kier molecular flexibility index (Phi) is 8.13. The first-order valence-electron chi connectivity index (χ1n) is 15.7. The van der Waals surface area contributed by atoms with Crippen LogP contribution in [0.1, 0.15) is 80.9 Å². The van der Waals surface area contributed by atoms with Crippen molar-refractivity contribution in [3.05, 3.63) is 41.6 Å². The molecule has 6 rings (SSSR count). The molecule has 2 aliphatic rings. The Bertz CT molecular complexity index is 1670. The maximum atomic E-state index is 13.5. The standard InChI is InChI=1S/C33H43N7O3/c1-20-10-7-5-6-8-15-40-27(17-22-12-13-25(36-30(22)40)21(2)35-32(20)41)31-37-26-16-23(18-28(43-4)29(26)38(31)3)33(42)39-14-9-11-24(34)19-39/h12-13,16-18,20-21,24H,5-11,14-15,19,34H2,1-4H3,(H,35,41)/t20-,21+,24+/m0/s1. The molecule has 43 heavy (non-hydrogen) atoms. The van der Waals surface area contributed by atoms with Gasteiger partial charge in [0.2, 0.25) is 5.91 Å². The zero-order chi connectivity index (χ0) is 30.2. The molecule has 0 radical (unpaired) electrons. The van der Waals surface area contributed by atoms with E-state index in [4.69, 9.17) is 20.4 Å². The second-order valence-electron chi connectivity index (χ2n) is 12.4. The predicted molar refractivity (Wildman–Crippen MR) is 168 cm³/mol. The number of nitrogens with two attached hydrogens (primary N) is 1. The zero-order valence-electron chi connectivity index (χ0n) is 25.7. The lowest BCUT2D eigenvalue weighted by atomic mass is 10.0. The highest BCUT2D eigenvalue weighted by Crippen LogP contribution is 2.35. The molecule has 228 valence electrons. The number of pyridine rings is 1. The molecule has 2 aliphatic heterocycles. The molecule has 5 heterocycles. The van der Waals surface area contributed by atoms with E-state index >= 15 is 0 Å². The van der Waals surface area contributed by atoms with Crippen molar-refractivity contribution in [2.45, 2.75) is 77.4 Å². The summed E-state index contributed by atoms with van der Waals surface area (Å²) in [6, 6.07) is 9.73. The fraction of sp³-hybridized carbons (Fsp3) is 0.515. The van der Waals surface area contributed by atoms with Gasteiger partial charge in [0, 0.05) is 49.6 Å². The van der Waals surface area contributed by atoms with Gasteiger partial charge >= 0.3 is 0 Å². The number of rotatable bonds is 3. The molecular formula is C33H43N7O3. The minimum atomic E-state index is -0.195. The summed E-state index contributed by atoms with van der Waals surface area (Å²) in [6.07, 6.45) is 6.94. The van der Waals surface area contributed by atoms with Crippen molar-refractivity contribution >= 4 is 33.9 Å². The van der Waals surface area contributed by atoms with E-state index in [9.17, 15) is 9.59 Å². The summed E-state index contributed by atoms with van der Waals surface area (Å²) in [6.45, 7) is 6.08. The van der Waals surface area contributed by atoms with Crippen molar-refractivity contribution in [2.24, 2.45) is 18.7 Å². The number of aromatic nitrogens is 4. The van der Waals surface area contributed by atoms with Gasteiger partial charge in [0.05, 0.1) is 30.1 Å². The lowest BCUT2D eigenvalue weighted by Crippen LogP contribution is -2.45. The number of piperidine rings is 1. The van der Waals surface area contributed by atoms with Crippen molar-refractivity contribution < 1.29 is 14.3 Å². The number of carbonyl (C=O) groups excluding carboxylic acids is 2. The van der Waals surface area contributed by atoms with Gasteiger partial charge in [0.1, 0.15) is 16.9 Å². The molecule has 0 spiro atoms. The highest BCUT2D eigenvalue weighted by atomic mass is 16.5. The highest BCUT2D eigenvalue weighted by molar-refractivity contribution is 6.00. The molecule has 2 amide bonds. The molecule has 0 saturated carbocycles. The van der Waals surface area contributed by atoms with Gasteiger partial charge in [-0.2, -0.15) is 0 Å². The van der Waals surface area contributed by atoms with Crippen LogP contribution in [0.15, 0.2) is 30.3 Å².